The highest BCUT2D eigenvalue weighted by Gasteiger charge is 2.16. The van der Waals surface area contributed by atoms with Gasteiger partial charge < -0.3 is 17.0 Å². The molecule has 0 atom stereocenters. The number of benzene rings is 1. The highest BCUT2D eigenvalue weighted by Crippen LogP contribution is 2.09. The maximum atomic E-state index is 12.4. The second kappa shape index (κ2) is 14.1. The zero-order valence-electron chi connectivity index (χ0n) is 16.7. The molecule has 0 bridgehead atoms. The molecule has 0 unspecified atom stereocenters. The third kappa shape index (κ3) is 8.79. The van der Waals surface area contributed by atoms with Crippen molar-refractivity contribution in [1.82, 2.24) is 0 Å². The number of aromatic nitrogens is 1. The van der Waals surface area contributed by atoms with Gasteiger partial charge in [0, 0.05) is 18.1 Å². The molecule has 1 aromatic carbocycles. The Morgan fingerprint density at radius 1 is 0.857 bits per heavy atom. The van der Waals surface area contributed by atoms with Crippen molar-refractivity contribution in [3.63, 3.8) is 0 Å². The molecule has 0 spiro atoms. The van der Waals surface area contributed by atoms with Crippen molar-refractivity contribution in [2.75, 3.05) is 5.32 Å². The molecule has 2 aromatic rings. The van der Waals surface area contributed by atoms with Crippen LogP contribution in [0.2, 0.25) is 0 Å². The lowest BCUT2D eigenvalue weighted by Crippen LogP contribution is -3.00. The fraction of sp³-hybridized carbons (Fsp3) is 0.435. The fourth-order valence-electron chi connectivity index (χ4n) is 3.05. The summed E-state index contributed by atoms with van der Waals surface area (Å²) in [4.78, 5) is 24.7. The molecule has 1 aromatic heterocycles. The molecule has 152 valence electrons. The molecule has 1 N–H and O–H groups in total. The van der Waals surface area contributed by atoms with Crippen LogP contribution in [0.3, 0.4) is 0 Å². The number of anilines is 1. The molecule has 2 rings (SSSR count). The van der Waals surface area contributed by atoms with Gasteiger partial charge in [0.1, 0.15) is 0 Å². The molecule has 4 nitrogen and oxygen atoms in total. The largest absolute Gasteiger partial charge is 1.00 e. The predicted octanol–water partition coefficient (Wildman–Crippen LogP) is 1.94. The SMILES string of the molecule is CCCCCCCCCC(=O)Nc1cccc[n+]1CC(=O)c1ccccc1.[Br-]. The van der Waals surface area contributed by atoms with Crippen LogP contribution in [0.15, 0.2) is 54.7 Å². The highest BCUT2D eigenvalue weighted by atomic mass is 79.9. The Morgan fingerprint density at radius 3 is 2.21 bits per heavy atom. The van der Waals surface area contributed by atoms with Gasteiger partial charge in [0.15, 0.2) is 6.54 Å². The summed E-state index contributed by atoms with van der Waals surface area (Å²) in [6.07, 6.45) is 10.7. The van der Waals surface area contributed by atoms with E-state index < -0.39 is 0 Å². The standard InChI is InChI=1S/C23H30N2O2.BrH/c1-2-3-4-5-6-7-11-17-23(27)24-22-16-12-13-18-25(22)19-21(26)20-14-9-8-10-15-20;/h8-10,12-16,18H,2-7,11,17,19H2,1H3;1H. The molecular formula is C23H31BrN2O2. The van der Waals surface area contributed by atoms with Crippen LogP contribution in [0.5, 0.6) is 0 Å². The number of carbonyl (C=O) groups is 2. The van der Waals surface area contributed by atoms with E-state index in [1.165, 1.54) is 32.1 Å². The molecule has 5 heteroatoms. The first kappa shape index (κ1) is 24.0. The molecule has 0 aliphatic carbocycles. The highest BCUT2D eigenvalue weighted by molar-refractivity contribution is 5.95. The van der Waals surface area contributed by atoms with Crippen LogP contribution in [0.25, 0.3) is 0 Å². The fourth-order valence-corrected chi connectivity index (χ4v) is 3.05. The number of nitrogens with one attached hydrogen (secondary N) is 1. The number of halogens is 1. The zero-order valence-corrected chi connectivity index (χ0v) is 18.3. The number of pyridine rings is 1. The Labute approximate surface area is 179 Å². The third-order valence-corrected chi connectivity index (χ3v) is 4.63. The first-order chi connectivity index (χ1) is 13.2. The number of Topliss-reactive ketones (excluding diaryl/α,β-unsaturated/α-hetero) is 1. The number of rotatable bonds is 12. The van der Waals surface area contributed by atoms with Gasteiger partial charge in [-0.1, -0.05) is 81.8 Å². The van der Waals surface area contributed by atoms with Crippen molar-refractivity contribution < 1.29 is 31.1 Å². The lowest BCUT2D eigenvalue weighted by atomic mass is 10.1. The lowest BCUT2D eigenvalue weighted by Gasteiger charge is -2.06. The van der Waals surface area contributed by atoms with E-state index in [0.717, 1.165) is 12.8 Å². The van der Waals surface area contributed by atoms with Crippen LogP contribution in [0.1, 0.15) is 68.6 Å². The van der Waals surface area contributed by atoms with E-state index in [9.17, 15) is 9.59 Å². The van der Waals surface area contributed by atoms with Gasteiger partial charge in [0.05, 0.1) is 6.20 Å². The minimum atomic E-state index is 0. The van der Waals surface area contributed by atoms with Gasteiger partial charge >= 0.3 is 5.91 Å². The summed E-state index contributed by atoms with van der Waals surface area (Å²) in [5.41, 5.74) is 0.675. The van der Waals surface area contributed by atoms with Gasteiger partial charge in [-0.05, 0) is 12.5 Å². The molecule has 0 aliphatic rings. The summed E-state index contributed by atoms with van der Waals surface area (Å²) < 4.78 is 1.79. The second-order valence-corrected chi connectivity index (χ2v) is 6.92. The number of nitrogens with zero attached hydrogens (tertiary/aromatic N) is 1. The van der Waals surface area contributed by atoms with Crippen LogP contribution >= 0.6 is 0 Å². The van der Waals surface area contributed by atoms with E-state index in [0.29, 0.717) is 17.8 Å². The van der Waals surface area contributed by atoms with Gasteiger partial charge in [-0.25, -0.2) is 14.7 Å². The lowest BCUT2D eigenvalue weighted by molar-refractivity contribution is -0.668. The van der Waals surface area contributed by atoms with Crippen LogP contribution in [0, 0.1) is 0 Å². The number of amides is 1. The van der Waals surface area contributed by atoms with Crippen molar-refractivity contribution in [3.05, 3.63) is 60.3 Å². The van der Waals surface area contributed by atoms with Crippen molar-refractivity contribution in [3.8, 4) is 0 Å². The predicted molar refractivity (Wildman–Crippen MR) is 109 cm³/mol. The Kier molecular flexibility index (Phi) is 12.1. The average molecular weight is 447 g/mol. The number of carbonyl (C=O) groups excluding carboxylic acids is 2. The van der Waals surface area contributed by atoms with Gasteiger partial charge in [0.25, 0.3) is 5.82 Å². The van der Waals surface area contributed by atoms with Crippen LogP contribution in [-0.4, -0.2) is 11.7 Å². The summed E-state index contributed by atoms with van der Waals surface area (Å²) in [5.74, 6) is 0.694. The molecule has 0 fully saturated rings. The zero-order chi connectivity index (χ0) is 19.3. The van der Waals surface area contributed by atoms with Crippen molar-refractivity contribution in [2.24, 2.45) is 0 Å². The normalized spacial score (nSPS) is 10.2. The summed E-state index contributed by atoms with van der Waals surface area (Å²) in [5, 5.41) is 2.95. The Balaban J connectivity index is 0.00000392. The summed E-state index contributed by atoms with van der Waals surface area (Å²) >= 11 is 0. The molecule has 0 saturated carbocycles. The van der Waals surface area contributed by atoms with Gasteiger partial charge in [0.2, 0.25) is 5.78 Å². The molecule has 1 amide bonds. The third-order valence-electron chi connectivity index (χ3n) is 4.63. The molecular weight excluding hydrogens is 416 g/mol. The molecule has 0 aliphatic heterocycles. The quantitative estimate of drug-likeness (QED) is 0.307. The van der Waals surface area contributed by atoms with Crippen LogP contribution in [0.4, 0.5) is 5.82 Å². The minimum Gasteiger partial charge on any atom is -1.00 e. The van der Waals surface area contributed by atoms with E-state index in [4.69, 9.17) is 0 Å². The Bertz CT molecular complexity index is 720. The minimum absolute atomic E-state index is 0. The van der Waals surface area contributed by atoms with E-state index in [2.05, 4.69) is 12.2 Å². The molecule has 1 heterocycles. The van der Waals surface area contributed by atoms with Gasteiger partial charge in [-0.15, -0.1) is 0 Å². The second-order valence-electron chi connectivity index (χ2n) is 6.92. The maximum absolute atomic E-state index is 12.4. The molecule has 0 radical (unpaired) electrons. The van der Waals surface area contributed by atoms with E-state index >= 15 is 0 Å². The van der Waals surface area contributed by atoms with Crippen LogP contribution in [-0.2, 0) is 11.3 Å². The Hall–Kier alpha value is -2.01. The van der Waals surface area contributed by atoms with E-state index in [-0.39, 0.29) is 35.2 Å². The average Bonchev–Trinajstić information content (AvgIpc) is 2.69. The summed E-state index contributed by atoms with van der Waals surface area (Å²) in [6.45, 7) is 2.42. The first-order valence-electron chi connectivity index (χ1n) is 10.1. The van der Waals surface area contributed by atoms with E-state index in [1.54, 1.807) is 4.57 Å². The molecule has 0 saturated heterocycles. The van der Waals surface area contributed by atoms with Crippen molar-refractivity contribution >= 4 is 17.5 Å². The van der Waals surface area contributed by atoms with Gasteiger partial charge in [-0.3, -0.25) is 4.79 Å². The topological polar surface area (TPSA) is 50.1 Å². The first-order valence-corrected chi connectivity index (χ1v) is 10.1. The number of hydrogen-bond acceptors (Lipinski definition) is 2. The van der Waals surface area contributed by atoms with E-state index in [1.807, 2.05) is 54.7 Å². The van der Waals surface area contributed by atoms with Crippen LogP contribution < -0.4 is 26.9 Å². The summed E-state index contributed by atoms with van der Waals surface area (Å²) in [7, 11) is 0. The van der Waals surface area contributed by atoms with Gasteiger partial charge in [-0.2, -0.15) is 0 Å². The number of hydrogen-bond donors (Lipinski definition) is 1. The number of ketones is 1. The number of unbranched alkanes of at least 4 members (excludes halogenated alkanes) is 6. The monoisotopic (exact) mass is 446 g/mol. The molecule has 28 heavy (non-hydrogen) atoms. The Morgan fingerprint density at radius 2 is 1.50 bits per heavy atom. The smallest absolute Gasteiger partial charge is 0.307 e. The van der Waals surface area contributed by atoms with Crippen molar-refractivity contribution in [1.29, 1.82) is 0 Å². The maximum Gasteiger partial charge on any atom is 0.307 e. The van der Waals surface area contributed by atoms with Crippen molar-refractivity contribution in [2.45, 2.75) is 64.8 Å². The summed E-state index contributed by atoms with van der Waals surface area (Å²) in [6, 6.07) is 14.8.